The number of pyridine rings is 2. The minimum Gasteiger partial charge on any atom is -0.406 e. The molecule has 4 aromatic rings. The molecule has 180 valence electrons. The average Bonchev–Trinajstić information content (AvgIpc) is 3.58. The number of amides is 1. The Kier molecular flexibility index (Phi) is 5.84. The lowest BCUT2D eigenvalue weighted by atomic mass is 10.1. The molecule has 0 spiro atoms. The van der Waals surface area contributed by atoms with E-state index in [1.807, 2.05) is 6.07 Å². The highest BCUT2D eigenvalue weighted by Crippen LogP contribution is 2.42. The third kappa shape index (κ3) is 5.07. The first-order valence-electron chi connectivity index (χ1n) is 10.8. The molecule has 1 amide bonds. The van der Waals surface area contributed by atoms with Gasteiger partial charge in [-0.2, -0.15) is 0 Å². The molecular weight excluding hydrogens is 483 g/mol. The van der Waals surface area contributed by atoms with Crippen LogP contribution in [0.1, 0.15) is 53.5 Å². The fourth-order valence-electron chi connectivity index (χ4n) is 3.91. The van der Waals surface area contributed by atoms with Crippen LogP contribution in [0.5, 0.6) is 5.75 Å². The van der Waals surface area contributed by atoms with Crippen LogP contribution in [-0.4, -0.2) is 31.8 Å². The Balaban J connectivity index is 1.48. The van der Waals surface area contributed by atoms with Gasteiger partial charge in [-0.25, -0.2) is 15.0 Å². The number of aromatic nitrogens is 4. The number of rotatable bonds is 6. The van der Waals surface area contributed by atoms with Crippen molar-refractivity contribution in [2.24, 2.45) is 0 Å². The van der Waals surface area contributed by atoms with Crippen molar-refractivity contribution < 1.29 is 22.7 Å². The van der Waals surface area contributed by atoms with E-state index in [4.69, 9.17) is 11.6 Å². The highest BCUT2D eigenvalue weighted by Gasteiger charge is 2.33. The zero-order valence-corrected chi connectivity index (χ0v) is 19.1. The number of fused-ring (bicyclic) bond motifs is 1. The fraction of sp³-hybridized carbons (Fsp3) is 0.250. The Labute approximate surface area is 202 Å². The number of ether oxygens (including phenoxy) is 1. The summed E-state index contributed by atoms with van der Waals surface area (Å²) in [6.45, 7) is 1.73. The number of hydrogen-bond acceptors (Lipinski definition) is 5. The molecule has 1 saturated carbocycles. The molecule has 35 heavy (non-hydrogen) atoms. The van der Waals surface area contributed by atoms with Crippen LogP contribution in [0.4, 0.5) is 13.2 Å². The Hall–Kier alpha value is -3.66. The fourth-order valence-corrected chi connectivity index (χ4v) is 4.02. The molecule has 3 heterocycles. The van der Waals surface area contributed by atoms with Gasteiger partial charge in [-0.15, -0.1) is 13.2 Å². The Morgan fingerprint density at radius 1 is 1.20 bits per heavy atom. The molecule has 5 rings (SSSR count). The van der Waals surface area contributed by atoms with Gasteiger partial charge >= 0.3 is 6.36 Å². The van der Waals surface area contributed by atoms with Gasteiger partial charge in [-0.3, -0.25) is 9.36 Å². The van der Waals surface area contributed by atoms with Gasteiger partial charge < -0.3 is 10.1 Å². The van der Waals surface area contributed by atoms with Gasteiger partial charge in [0.1, 0.15) is 17.4 Å². The van der Waals surface area contributed by atoms with E-state index < -0.39 is 24.1 Å². The van der Waals surface area contributed by atoms with Crippen LogP contribution in [0.15, 0.2) is 54.9 Å². The molecule has 1 N–H and O–H groups in total. The number of halogens is 4. The number of benzene rings is 1. The molecule has 0 bridgehead atoms. The van der Waals surface area contributed by atoms with Gasteiger partial charge in [-0.05, 0) is 73.7 Å². The van der Waals surface area contributed by atoms with E-state index in [0.29, 0.717) is 33.4 Å². The molecule has 0 aliphatic heterocycles. The number of imidazole rings is 1. The first-order valence-corrected chi connectivity index (χ1v) is 11.2. The summed E-state index contributed by atoms with van der Waals surface area (Å²) >= 11 is 5.99. The largest absolute Gasteiger partial charge is 0.573 e. The smallest absolute Gasteiger partial charge is 0.406 e. The van der Waals surface area contributed by atoms with Crippen LogP contribution in [0, 0.1) is 0 Å². The zero-order valence-electron chi connectivity index (χ0n) is 18.4. The number of nitrogens with one attached hydrogen (secondary N) is 1. The second-order valence-electron chi connectivity index (χ2n) is 8.29. The molecule has 1 aliphatic rings. The lowest BCUT2D eigenvalue weighted by Crippen LogP contribution is -2.29. The van der Waals surface area contributed by atoms with Crippen molar-refractivity contribution in [3.8, 4) is 11.6 Å². The standard InChI is InChI=1S/C24H19ClF3N5O2/c1-13(22-32-21-19(3-2-8-29-21)33(22)20-7-6-17(25)12-30-20)31-23(34)16-9-15(14-4-5-14)10-18(11-16)35-24(26,27)28/h2-3,6-14H,4-5H2,1H3,(H,31,34). The molecule has 7 nitrogen and oxygen atoms in total. The van der Waals surface area contributed by atoms with Crippen LogP contribution in [0.2, 0.25) is 5.02 Å². The van der Waals surface area contributed by atoms with Crippen molar-refractivity contribution in [2.75, 3.05) is 0 Å². The Morgan fingerprint density at radius 2 is 2.00 bits per heavy atom. The van der Waals surface area contributed by atoms with E-state index in [0.717, 1.165) is 18.9 Å². The van der Waals surface area contributed by atoms with Crippen molar-refractivity contribution in [3.63, 3.8) is 0 Å². The third-order valence-corrected chi connectivity index (χ3v) is 5.83. The molecule has 11 heteroatoms. The second-order valence-corrected chi connectivity index (χ2v) is 8.73. The van der Waals surface area contributed by atoms with E-state index in [2.05, 4.69) is 25.0 Å². The summed E-state index contributed by atoms with van der Waals surface area (Å²) in [5.41, 5.74) is 1.85. The van der Waals surface area contributed by atoms with Crippen molar-refractivity contribution >= 4 is 28.7 Å². The van der Waals surface area contributed by atoms with Crippen LogP contribution in [-0.2, 0) is 0 Å². The molecule has 1 aromatic carbocycles. The maximum atomic E-state index is 13.1. The normalized spacial score (nSPS) is 14.7. The molecule has 1 unspecified atom stereocenters. The third-order valence-electron chi connectivity index (χ3n) is 5.61. The molecule has 0 saturated heterocycles. The van der Waals surface area contributed by atoms with Crippen LogP contribution in [0.25, 0.3) is 17.0 Å². The van der Waals surface area contributed by atoms with Gasteiger partial charge in [0.25, 0.3) is 5.91 Å². The SMILES string of the molecule is CC(NC(=O)c1cc(OC(F)(F)F)cc(C2CC2)c1)c1nc2ncccc2n1-c1ccc(Cl)cn1. The van der Waals surface area contributed by atoms with Crippen LogP contribution < -0.4 is 10.1 Å². The quantitative estimate of drug-likeness (QED) is 0.364. The van der Waals surface area contributed by atoms with Gasteiger partial charge in [0.2, 0.25) is 0 Å². The Morgan fingerprint density at radius 3 is 2.69 bits per heavy atom. The topological polar surface area (TPSA) is 81.9 Å². The van der Waals surface area contributed by atoms with Crippen LogP contribution >= 0.6 is 11.6 Å². The van der Waals surface area contributed by atoms with E-state index in [1.54, 1.807) is 42.0 Å². The van der Waals surface area contributed by atoms with Gasteiger partial charge in [0, 0.05) is 18.0 Å². The van der Waals surface area contributed by atoms with Crippen molar-refractivity contribution in [2.45, 2.75) is 38.1 Å². The van der Waals surface area contributed by atoms with Crippen molar-refractivity contribution in [1.82, 2.24) is 24.8 Å². The zero-order chi connectivity index (χ0) is 24.7. The lowest BCUT2D eigenvalue weighted by molar-refractivity contribution is -0.274. The summed E-state index contributed by atoms with van der Waals surface area (Å²) in [7, 11) is 0. The number of carbonyl (C=O) groups is 1. The summed E-state index contributed by atoms with van der Waals surface area (Å²) in [4.78, 5) is 26.3. The predicted octanol–water partition coefficient (Wildman–Crippen LogP) is 5.74. The van der Waals surface area contributed by atoms with E-state index in [-0.39, 0.29) is 11.5 Å². The monoisotopic (exact) mass is 501 g/mol. The summed E-state index contributed by atoms with van der Waals surface area (Å²) in [6.07, 6.45) is -0.0338. The minimum absolute atomic E-state index is 0.0749. The minimum atomic E-state index is -4.85. The number of alkyl halides is 3. The molecule has 1 atom stereocenters. The lowest BCUT2D eigenvalue weighted by Gasteiger charge is -2.17. The number of nitrogens with zero attached hydrogens (tertiary/aromatic N) is 4. The summed E-state index contributed by atoms with van der Waals surface area (Å²) in [6, 6.07) is 10.4. The maximum absolute atomic E-state index is 13.1. The summed E-state index contributed by atoms with van der Waals surface area (Å²) < 4.78 is 44.4. The molecule has 0 radical (unpaired) electrons. The molecule has 3 aromatic heterocycles. The highest BCUT2D eigenvalue weighted by atomic mass is 35.5. The molecule has 1 fully saturated rings. The van der Waals surface area contributed by atoms with Crippen LogP contribution in [0.3, 0.4) is 0 Å². The van der Waals surface area contributed by atoms with E-state index in [9.17, 15) is 18.0 Å². The predicted molar refractivity (Wildman–Crippen MR) is 123 cm³/mol. The van der Waals surface area contributed by atoms with E-state index in [1.165, 1.54) is 12.3 Å². The van der Waals surface area contributed by atoms with Crippen molar-refractivity contribution in [1.29, 1.82) is 0 Å². The van der Waals surface area contributed by atoms with Gasteiger partial charge in [-0.1, -0.05) is 11.6 Å². The maximum Gasteiger partial charge on any atom is 0.573 e. The van der Waals surface area contributed by atoms with Gasteiger partial charge in [0.15, 0.2) is 5.65 Å². The summed E-state index contributed by atoms with van der Waals surface area (Å²) in [5.74, 6) is 0.135. The molecular formula is C24H19ClF3N5O2. The van der Waals surface area contributed by atoms with E-state index >= 15 is 0 Å². The second kappa shape index (κ2) is 8.84. The first kappa shape index (κ1) is 23.1. The number of carbonyl (C=O) groups excluding carboxylic acids is 1. The first-order chi connectivity index (χ1) is 16.7. The average molecular weight is 502 g/mol. The highest BCUT2D eigenvalue weighted by molar-refractivity contribution is 6.30. The summed E-state index contributed by atoms with van der Waals surface area (Å²) in [5, 5.41) is 3.30. The Bertz CT molecular complexity index is 1400. The molecule has 1 aliphatic carbocycles. The number of hydrogen-bond donors (Lipinski definition) is 1. The van der Waals surface area contributed by atoms with Gasteiger partial charge in [0.05, 0.1) is 16.6 Å². The van der Waals surface area contributed by atoms with Crippen molar-refractivity contribution in [3.05, 3.63) is 76.8 Å².